The lowest BCUT2D eigenvalue weighted by Gasteiger charge is -2.12. The summed E-state index contributed by atoms with van der Waals surface area (Å²) in [5.74, 6) is -0.485. The molecule has 1 saturated heterocycles. The number of ether oxygens (including phenoxy) is 2. The molecule has 0 saturated carbocycles. The molecule has 6 nitrogen and oxygen atoms in total. The third-order valence-electron chi connectivity index (χ3n) is 4.35. The second kappa shape index (κ2) is 8.93. The van der Waals surface area contributed by atoms with E-state index in [4.69, 9.17) is 9.47 Å². The molecule has 7 heteroatoms. The molecule has 28 heavy (non-hydrogen) atoms. The largest absolute Gasteiger partial charge is 0.496 e. The van der Waals surface area contributed by atoms with Crippen molar-refractivity contribution in [3.05, 3.63) is 46.9 Å². The molecular formula is C21H21NO5S. The Bertz CT molecular complexity index is 953. The van der Waals surface area contributed by atoms with Crippen LogP contribution in [-0.2, 0) is 14.3 Å². The van der Waals surface area contributed by atoms with E-state index >= 15 is 0 Å². The Hall–Kier alpha value is -2.80. The van der Waals surface area contributed by atoms with Crippen molar-refractivity contribution >= 4 is 45.7 Å². The lowest BCUT2D eigenvalue weighted by Crippen LogP contribution is -2.34. The predicted molar refractivity (Wildman–Crippen MR) is 109 cm³/mol. The molecule has 1 heterocycles. The fraction of sp³-hybridized carbons (Fsp3) is 0.286. The van der Waals surface area contributed by atoms with Crippen LogP contribution in [-0.4, -0.2) is 42.3 Å². The number of carbonyl (C=O) groups excluding carboxylic acids is 3. The summed E-state index contributed by atoms with van der Waals surface area (Å²) in [6.07, 6.45) is 3.29. The summed E-state index contributed by atoms with van der Waals surface area (Å²) in [6, 6.07) is 11.5. The average molecular weight is 399 g/mol. The van der Waals surface area contributed by atoms with E-state index in [1.54, 1.807) is 13.2 Å². The molecule has 0 atom stereocenters. The molecule has 0 aromatic heterocycles. The number of amides is 2. The summed E-state index contributed by atoms with van der Waals surface area (Å²) in [6.45, 7) is 1.89. The van der Waals surface area contributed by atoms with Crippen LogP contribution in [0, 0.1) is 0 Å². The first-order valence-corrected chi connectivity index (χ1v) is 9.83. The maximum Gasteiger partial charge on any atom is 0.326 e. The first-order chi connectivity index (χ1) is 13.5. The first-order valence-electron chi connectivity index (χ1n) is 9.02. The highest BCUT2D eigenvalue weighted by Crippen LogP contribution is 2.36. The molecule has 3 rings (SSSR count). The number of rotatable bonds is 7. The number of imide groups is 1. The van der Waals surface area contributed by atoms with E-state index in [2.05, 4.69) is 0 Å². The Labute approximate surface area is 167 Å². The molecule has 0 radical (unpaired) electrons. The molecular weight excluding hydrogens is 378 g/mol. The standard InChI is InChI=1S/C21H21NO5S/c1-3-4-11-27-19(23)13-22-20(24)18(28-21(22)25)12-16-15-8-6-5-7-14(15)9-10-17(16)26-2/h5-10,12H,3-4,11,13H2,1-2H3/b18-12+. The van der Waals surface area contributed by atoms with Crippen LogP contribution in [0.4, 0.5) is 4.79 Å². The minimum Gasteiger partial charge on any atom is -0.496 e. The zero-order chi connectivity index (χ0) is 20.1. The van der Waals surface area contributed by atoms with Crippen LogP contribution in [0.5, 0.6) is 5.75 Å². The van der Waals surface area contributed by atoms with E-state index in [0.29, 0.717) is 5.75 Å². The van der Waals surface area contributed by atoms with Crippen molar-refractivity contribution in [1.82, 2.24) is 4.90 Å². The molecule has 0 unspecified atom stereocenters. The van der Waals surface area contributed by atoms with Gasteiger partial charge in [0.1, 0.15) is 12.3 Å². The van der Waals surface area contributed by atoms with Crippen molar-refractivity contribution < 1.29 is 23.9 Å². The lowest BCUT2D eigenvalue weighted by atomic mass is 10.0. The predicted octanol–water partition coefficient (Wildman–Crippen LogP) is 4.23. The van der Waals surface area contributed by atoms with Crippen LogP contribution in [0.15, 0.2) is 41.3 Å². The second-order valence-corrected chi connectivity index (χ2v) is 7.24. The number of unbranched alkanes of at least 4 members (excludes halogenated alkanes) is 1. The quantitative estimate of drug-likeness (QED) is 0.394. The van der Waals surface area contributed by atoms with Gasteiger partial charge in [-0.25, -0.2) is 0 Å². The highest BCUT2D eigenvalue weighted by molar-refractivity contribution is 8.18. The summed E-state index contributed by atoms with van der Waals surface area (Å²) < 4.78 is 10.5. The van der Waals surface area contributed by atoms with Crippen molar-refractivity contribution in [1.29, 1.82) is 0 Å². The number of esters is 1. The number of carbonyl (C=O) groups is 3. The Morgan fingerprint density at radius 1 is 1.18 bits per heavy atom. The van der Waals surface area contributed by atoms with Gasteiger partial charge in [-0.05, 0) is 41.1 Å². The number of hydrogen-bond acceptors (Lipinski definition) is 6. The van der Waals surface area contributed by atoms with Gasteiger partial charge in [-0.3, -0.25) is 19.3 Å². The normalized spacial score (nSPS) is 15.5. The third-order valence-corrected chi connectivity index (χ3v) is 5.26. The van der Waals surface area contributed by atoms with E-state index in [9.17, 15) is 14.4 Å². The summed E-state index contributed by atoms with van der Waals surface area (Å²) in [5, 5.41) is 1.42. The summed E-state index contributed by atoms with van der Waals surface area (Å²) in [5.41, 5.74) is 0.719. The highest BCUT2D eigenvalue weighted by Gasteiger charge is 2.37. The van der Waals surface area contributed by atoms with E-state index in [1.165, 1.54) is 0 Å². The molecule has 1 aliphatic heterocycles. The minimum absolute atomic E-state index is 0.251. The molecule has 2 amide bonds. The number of hydrogen-bond donors (Lipinski definition) is 0. The molecule has 146 valence electrons. The smallest absolute Gasteiger partial charge is 0.326 e. The first kappa shape index (κ1) is 19.9. The van der Waals surface area contributed by atoms with Gasteiger partial charge in [-0.15, -0.1) is 0 Å². The molecule has 2 aromatic rings. The molecule has 0 bridgehead atoms. The van der Waals surface area contributed by atoms with Crippen LogP contribution >= 0.6 is 11.8 Å². The van der Waals surface area contributed by atoms with Crippen molar-refractivity contribution in [2.45, 2.75) is 19.8 Å². The van der Waals surface area contributed by atoms with Gasteiger partial charge >= 0.3 is 5.97 Å². The monoisotopic (exact) mass is 399 g/mol. The van der Waals surface area contributed by atoms with E-state index < -0.39 is 17.1 Å². The van der Waals surface area contributed by atoms with Gasteiger partial charge in [-0.2, -0.15) is 0 Å². The van der Waals surface area contributed by atoms with Gasteiger partial charge in [0.25, 0.3) is 11.1 Å². The summed E-state index contributed by atoms with van der Waals surface area (Å²) in [4.78, 5) is 38.0. The highest BCUT2D eigenvalue weighted by atomic mass is 32.2. The fourth-order valence-corrected chi connectivity index (χ4v) is 3.70. The number of methoxy groups -OCH3 is 1. The number of thioether (sulfide) groups is 1. The molecule has 0 aliphatic carbocycles. The van der Waals surface area contributed by atoms with Crippen molar-refractivity contribution in [2.24, 2.45) is 0 Å². The van der Waals surface area contributed by atoms with Crippen LogP contribution in [0.1, 0.15) is 25.3 Å². The summed E-state index contributed by atoms with van der Waals surface area (Å²) in [7, 11) is 1.56. The molecule has 0 N–H and O–H groups in total. The van der Waals surface area contributed by atoms with Crippen molar-refractivity contribution in [2.75, 3.05) is 20.3 Å². The van der Waals surface area contributed by atoms with Crippen LogP contribution in [0.25, 0.3) is 16.8 Å². The van der Waals surface area contributed by atoms with E-state index in [0.717, 1.165) is 45.8 Å². The second-order valence-electron chi connectivity index (χ2n) is 6.24. The average Bonchev–Trinajstić information content (AvgIpc) is 2.96. The molecule has 0 spiro atoms. The molecule has 2 aromatic carbocycles. The van der Waals surface area contributed by atoms with Crippen LogP contribution < -0.4 is 4.74 Å². The fourth-order valence-electron chi connectivity index (χ4n) is 2.87. The Morgan fingerprint density at radius 3 is 2.71 bits per heavy atom. The Morgan fingerprint density at radius 2 is 1.96 bits per heavy atom. The SMILES string of the molecule is CCCCOC(=O)CN1C(=O)S/C(=C/c2c(OC)ccc3ccccc23)C1=O. The maximum absolute atomic E-state index is 12.7. The van der Waals surface area contributed by atoms with Crippen LogP contribution in [0.3, 0.4) is 0 Å². The maximum atomic E-state index is 12.7. The van der Waals surface area contributed by atoms with Crippen molar-refractivity contribution in [3.8, 4) is 5.75 Å². The zero-order valence-electron chi connectivity index (χ0n) is 15.8. The Balaban J connectivity index is 1.86. The molecule has 1 aliphatic rings. The van der Waals surface area contributed by atoms with Crippen LogP contribution in [0.2, 0.25) is 0 Å². The molecule has 1 fully saturated rings. The minimum atomic E-state index is -0.584. The summed E-state index contributed by atoms with van der Waals surface area (Å²) >= 11 is 0.810. The topological polar surface area (TPSA) is 72.9 Å². The number of benzene rings is 2. The van der Waals surface area contributed by atoms with Gasteiger partial charge in [0.05, 0.1) is 18.6 Å². The lowest BCUT2D eigenvalue weighted by molar-refractivity contribution is -0.146. The number of fused-ring (bicyclic) bond motifs is 1. The van der Waals surface area contributed by atoms with E-state index in [-0.39, 0.29) is 18.1 Å². The van der Waals surface area contributed by atoms with Gasteiger partial charge in [0, 0.05) is 5.56 Å². The third kappa shape index (κ3) is 4.20. The van der Waals surface area contributed by atoms with E-state index in [1.807, 2.05) is 43.3 Å². The number of nitrogens with zero attached hydrogens (tertiary/aromatic N) is 1. The van der Waals surface area contributed by atoms with Gasteiger partial charge in [0.15, 0.2) is 0 Å². The van der Waals surface area contributed by atoms with Gasteiger partial charge in [0.2, 0.25) is 0 Å². The zero-order valence-corrected chi connectivity index (χ0v) is 16.6. The van der Waals surface area contributed by atoms with Gasteiger partial charge in [-0.1, -0.05) is 43.7 Å². The van der Waals surface area contributed by atoms with Gasteiger partial charge < -0.3 is 9.47 Å². The Kier molecular flexibility index (Phi) is 6.36. The van der Waals surface area contributed by atoms with Crippen molar-refractivity contribution in [3.63, 3.8) is 0 Å².